The number of anilines is 1. The summed E-state index contributed by atoms with van der Waals surface area (Å²) in [5.74, 6) is -1.95. The Morgan fingerprint density at radius 2 is 0.966 bits per heavy atom. The Morgan fingerprint density at radius 1 is 0.483 bits per heavy atom. The fourth-order valence-corrected chi connectivity index (χ4v) is 16.6. The third-order valence-electron chi connectivity index (χ3n) is 22.7. The molecule has 4 aliphatic heterocycles. The molecule has 4 N–H and O–H groups in total. The Balaban J connectivity index is 0.000000105. The highest BCUT2D eigenvalue weighted by molar-refractivity contribution is 6.15. The number of carbonyl (C=O) groups excluding carboxylic acids is 10. The fraction of sp³-hybridized carbons (Fsp3) is 0.306. The number of likely N-dealkylation sites (tertiary alicyclic amines) is 1. The summed E-state index contributed by atoms with van der Waals surface area (Å²) in [7, 11) is 7.82. The molecule has 15 aromatic rings. The Labute approximate surface area is 657 Å². The van der Waals surface area contributed by atoms with Crippen molar-refractivity contribution in [3.05, 3.63) is 162 Å². The zero-order valence-electron chi connectivity index (χ0n) is 63.6. The number of allylic oxidation sites excluding steroid dienone is 1. The Hall–Kier alpha value is -13.9. The predicted molar refractivity (Wildman–Crippen MR) is 424 cm³/mol. The van der Waals surface area contributed by atoms with Crippen LogP contribution in [0.15, 0.2) is 157 Å². The smallest absolute Gasteiger partial charge is 0.235 e. The molecule has 21 rings (SSSR count). The SMILES string of the molecule is C=C1NC(=O)CCC1c1noc2ccc3[nH]ncc3c12.CN(C)c1ccc2c(ccc3onc(C4CCC(=O)CC4=O)c32)c1.Cn1ccc2c3c(C4CCC(=O)NC4=O)noc3ccc21.Cn1ncc2c3c(C4CCC(=O)NC4=O)noc3ccc21.O=C1CCC(c2noc3ccc4cc(OCCN5CCCC5=O)ccc4c23)C(=O)C1. The quantitative estimate of drug-likeness (QED) is 0.0729. The van der Waals surface area contributed by atoms with E-state index in [1.54, 1.807) is 17.1 Å². The van der Waals surface area contributed by atoms with E-state index < -0.39 is 17.8 Å². The Bertz CT molecular complexity index is 6430. The summed E-state index contributed by atoms with van der Waals surface area (Å²) >= 11 is 0. The predicted octanol–water partition coefficient (Wildman–Crippen LogP) is 12.1. The van der Waals surface area contributed by atoms with Gasteiger partial charge in [-0.2, -0.15) is 10.2 Å². The van der Waals surface area contributed by atoms with Crippen LogP contribution in [0.25, 0.3) is 109 Å². The maximum absolute atomic E-state index is 12.4. The van der Waals surface area contributed by atoms with Crippen molar-refractivity contribution >= 4 is 173 Å². The summed E-state index contributed by atoms with van der Waals surface area (Å²) in [6.45, 7) is 5.78. The largest absolute Gasteiger partial charge is 0.492 e. The summed E-state index contributed by atoms with van der Waals surface area (Å²) in [4.78, 5) is 122. The van der Waals surface area contributed by atoms with E-state index in [2.05, 4.69) is 74.6 Å². The number of aromatic nitrogens is 10. The molecule has 0 spiro atoms. The molecule has 0 radical (unpaired) electrons. The standard InChI is InChI=1S/C23H22N2O5.C19H18N2O3.C15H13N3O3.C14H12N4O3.C14H12N4O2/c26-15-4-6-18(19(27)13-15)23-22-17-7-5-16(12-14(17)3-8-20(22)30-24-23)29-11-10-25-9-1-2-21(25)28;1-21(2)12-4-6-14-11(9-12)3-8-17-18(14)19(20-24-17)15-7-5-13(22)10-16(15)23;1-18-7-6-8-10(18)3-4-11-13(8)14(17-21-11)9-2-5-12(19)16-15(9)20;1-18-9-3-4-10-12(8(9)6-15-18)13(17-21-10)7-2-5-11(19)16-14(7)20;1-7-8(2-5-12(19)16-7)14-13-9-6-15-17-10(9)3-4-11(13)20-18-14/h3,5,7-8,12,18H,1-2,4,6,9-11,13H2;3-4,6,8-9,15H,5,7,10H2,1-2H3;3-4,6-7,9H,2,5H2,1H3,(H,16,19,20);3-4,6-7H,2,5H2,1H3,(H,16,19,20);3-4,6,8H,1-2,5H2,(H,15,17)(H,16,19). The molecule has 6 amide bonds. The van der Waals surface area contributed by atoms with Crippen LogP contribution in [0.5, 0.6) is 5.75 Å². The van der Waals surface area contributed by atoms with Gasteiger partial charge in [0.2, 0.25) is 35.4 Å². The van der Waals surface area contributed by atoms with Crippen molar-refractivity contribution in [3.8, 4) is 5.75 Å². The molecule has 8 aromatic heterocycles. The normalized spacial score (nSPS) is 19.4. The number of nitrogens with zero attached hydrogens (tertiary/aromatic N) is 11. The summed E-state index contributed by atoms with van der Waals surface area (Å²) < 4.78 is 36.7. The first-order valence-electron chi connectivity index (χ1n) is 38.4. The highest BCUT2D eigenvalue weighted by Gasteiger charge is 2.38. The topological polar surface area (TPSA) is 404 Å². The van der Waals surface area contributed by atoms with E-state index in [1.165, 1.54) is 0 Å². The number of nitrogens with one attached hydrogen (secondary N) is 4. The van der Waals surface area contributed by atoms with Gasteiger partial charge in [-0.1, -0.05) is 50.6 Å². The number of hydrogen-bond donors (Lipinski definition) is 4. The number of H-pyrrole nitrogens is 1. The average Bonchev–Trinajstić information content (AvgIpc) is 1.62. The number of amides is 6. The minimum atomic E-state index is -0.463. The molecule has 6 fully saturated rings. The van der Waals surface area contributed by atoms with Crippen molar-refractivity contribution in [2.45, 2.75) is 119 Å². The van der Waals surface area contributed by atoms with Gasteiger partial charge in [-0.15, -0.1) is 0 Å². The maximum atomic E-state index is 12.4. The van der Waals surface area contributed by atoms with Gasteiger partial charge in [0.05, 0.1) is 93.4 Å². The molecule has 31 nitrogen and oxygen atoms in total. The van der Waals surface area contributed by atoms with Gasteiger partial charge in [0.25, 0.3) is 0 Å². The minimum absolute atomic E-state index is 0.00695. The first-order valence-corrected chi connectivity index (χ1v) is 38.4. The van der Waals surface area contributed by atoms with Gasteiger partial charge < -0.3 is 47.0 Å². The number of Topliss-reactive ketones (excluding diaryl/α,β-unsaturated/α-hetero) is 4. The van der Waals surface area contributed by atoms with E-state index in [1.807, 2.05) is 141 Å². The third-order valence-corrected chi connectivity index (χ3v) is 22.7. The van der Waals surface area contributed by atoms with Gasteiger partial charge in [0.15, 0.2) is 27.9 Å². The van der Waals surface area contributed by atoms with Crippen LogP contribution in [0.4, 0.5) is 5.69 Å². The number of aryl methyl sites for hydroxylation is 2. The second-order valence-corrected chi connectivity index (χ2v) is 30.2. The summed E-state index contributed by atoms with van der Waals surface area (Å²) in [6, 6.07) is 33.0. The molecule has 5 atom stereocenters. The second-order valence-electron chi connectivity index (χ2n) is 30.2. The number of imide groups is 2. The van der Waals surface area contributed by atoms with Crippen LogP contribution in [-0.4, -0.2) is 148 Å². The first kappa shape index (κ1) is 74.9. The molecule has 116 heavy (non-hydrogen) atoms. The lowest BCUT2D eigenvalue weighted by Crippen LogP contribution is -2.39. The second kappa shape index (κ2) is 30.9. The van der Waals surface area contributed by atoms with E-state index in [0.717, 1.165) is 117 Å². The lowest BCUT2D eigenvalue weighted by Gasteiger charge is -2.23. The van der Waals surface area contributed by atoms with Crippen LogP contribution in [0.3, 0.4) is 0 Å². The molecule has 0 bridgehead atoms. The van der Waals surface area contributed by atoms with Gasteiger partial charge in [-0.25, -0.2) is 0 Å². The molecule has 5 unspecified atom stereocenters. The summed E-state index contributed by atoms with van der Waals surface area (Å²) in [5.41, 5.74) is 11.3. The van der Waals surface area contributed by atoms with Gasteiger partial charge in [0.1, 0.15) is 64.0 Å². The zero-order valence-corrected chi connectivity index (χ0v) is 63.6. The molecule has 31 heteroatoms. The molecule has 588 valence electrons. The molecule has 6 aliphatic rings. The van der Waals surface area contributed by atoms with E-state index >= 15 is 0 Å². The maximum Gasteiger partial charge on any atom is 0.235 e. The highest BCUT2D eigenvalue weighted by Crippen LogP contribution is 2.43. The van der Waals surface area contributed by atoms with Crippen molar-refractivity contribution in [3.63, 3.8) is 0 Å². The van der Waals surface area contributed by atoms with Crippen molar-refractivity contribution in [2.24, 2.45) is 14.1 Å². The summed E-state index contributed by atoms with van der Waals surface area (Å²) in [5, 5.41) is 50.7. The van der Waals surface area contributed by atoms with Crippen molar-refractivity contribution < 1.29 is 75.3 Å². The van der Waals surface area contributed by atoms with Crippen LogP contribution in [-0.2, 0) is 62.0 Å². The molecular formula is C85H77N15O16. The monoisotopic (exact) mass is 1560 g/mol. The molecule has 12 heterocycles. The van der Waals surface area contributed by atoms with Gasteiger partial charge >= 0.3 is 0 Å². The van der Waals surface area contributed by atoms with Crippen LogP contribution in [0, 0.1) is 0 Å². The van der Waals surface area contributed by atoms with Crippen molar-refractivity contribution in [2.75, 3.05) is 38.7 Å². The third kappa shape index (κ3) is 14.2. The highest BCUT2D eigenvalue weighted by atomic mass is 16.5. The Kier molecular flexibility index (Phi) is 19.9. The van der Waals surface area contributed by atoms with Crippen LogP contribution in [0.1, 0.15) is 148 Å². The molecule has 2 aliphatic carbocycles. The number of benzene rings is 7. The van der Waals surface area contributed by atoms with E-state index in [4.69, 9.17) is 27.4 Å². The van der Waals surface area contributed by atoms with E-state index in [9.17, 15) is 47.9 Å². The number of rotatable bonds is 10. The number of ether oxygens (including phenoxy) is 1. The number of hydrogen-bond acceptors (Lipinski definition) is 24. The summed E-state index contributed by atoms with van der Waals surface area (Å²) in [6.07, 6.45) is 11.6. The average molecular weight is 1560 g/mol. The zero-order chi connectivity index (χ0) is 80.3. The van der Waals surface area contributed by atoms with Gasteiger partial charge in [-0.3, -0.25) is 68.4 Å². The van der Waals surface area contributed by atoms with Crippen LogP contribution in [0.2, 0.25) is 0 Å². The number of piperidine rings is 3. The number of ketones is 4. The van der Waals surface area contributed by atoms with Gasteiger partial charge in [0, 0.05) is 118 Å². The Morgan fingerprint density at radius 3 is 1.51 bits per heavy atom. The number of fused-ring (bicyclic) bond motifs is 15. The lowest BCUT2D eigenvalue weighted by molar-refractivity contribution is -0.136. The minimum Gasteiger partial charge on any atom is -0.492 e. The first-order chi connectivity index (χ1) is 56.2. The fourth-order valence-electron chi connectivity index (χ4n) is 16.6. The molecule has 2 saturated carbocycles. The van der Waals surface area contributed by atoms with Crippen molar-refractivity contribution in [1.82, 2.24) is 71.2 Å². The van der Waals surface area contributed by atoms with E-state index in [0.29, 0.717) is 135 Å². The number of carbonyl (C=O) groups is 10. The molecule has 4 saturated heterocycles. The van der Waals surface area contributed by atoms with Crippen molar-refractivity contribution in [1.29, 1.82) is 0 Å². The lowest BCUT2D eigenvalue weighted by atomic mass is 9.83. The number of aromatic amines is 1. The van der Waals surface area contributed by atoms with Gasteiger partial charge in [-0.05, 0) is 145 Å². The molecule has 7 aromatic carbocycles. The van der Waals surface area contributed by atoms with Crippen LogP contribution >= 0.6 is 0 Å². The molecular weight excluding hydrogens is 1490 g/mol. The van der Waals surface area contributed by atoms with Crippen LogP contribution < -0.4 is 25.6 Å². The van der Waals surface area contributed by atoms with E-state index in [-0.39, 0.29) is 83.3 Å².